The van der Waals surface area contributed by atoms with Crippen LogP contribution in [0.4, 0.5) is 4.39 Å². The van der Waals surface area contributed by atoms with Crippen molar-refractivity contribution in [2.24, 2.45) is 0 Å². The lowest BCUT2D eigenvalue weighted by Crippen LogP contribution is -2.08. The highest BCUT2D eigenvalue weighted by Gasteiger charge is 2.10. The summed E-state index contributed by atoms with van der Waals surface area (Å²) >= 11 is 5.82. The molecule has 0 radical (unpaired) electrons. The van der Waals surface area contributed by atoms with E-state index in [0.29, 0.717) is 10.6 Å². The molecule has 0 aliphatic carbocycles. The normalized spacial score (nSPS) is 10.1. The number of hydrogen-bond donors (Lipinski definition) is 0. The fourth-order valence-corrected chi connectivity index (χ4v) is 1.51. The van der Waals surface area contributed by atoms with Crippen LogP contribution in [0.2, 0.25) is 5.02 Å². The van der Waals surface area contributed by atoms with E-state index >= 15 is 0 Å². The van der Waals surface area contributed by atoms with E-state index in [-0.39, 0.29) is 25.0 Å². The largest absolute Gasteiger partial charge is 0.469 e. The van der Waals surface area contributed by atoms with Crippen molar-refractivity contribution in [1.29, 1.82) is 0 Å². The Morgan fingerprint density at radius 3 is 2.71 bits per heavy atom. The van der Waals surface area contributed by atoms with Gasteiger partial charge in [-0.2, -0.15) is 0 Å². The lowest BCUT2D eigenvalue weighted by atomic mass is 10.1. The van der Waals surface area contributed by atoms with Gasteiger partial charge < -0.3 is 4.74 Å². The number of rotatable bonds is 5. The van der Waals surface area contributed by atoms with E-state index in [0.717, 1.165) is 0 Å². The molecule has 0 aromatic heterocycles. The molecule has 0 fully saturated rings. The maximum atomic E-state index is 12.9. The van der Waals surface area contributed by atoms with Crippen LogP contribution in [-0.2, 0) is 20.7 Å². The van der Waals surface area contributed by atoms with Gasteiger partial charge >= 0.3 is 5.97 Å². The Hall–Kier alpha value is -1.42. The fraction of sp³-hybridized carbons (Fsp3) is 0.333. The minimum absolute atomic E-state index is 0.0214. The number of carbonyl (C=O) groups is 2. The van der Waals surface area contributed by atoms with Crippen LogP contribution in [0.15, 0.2) is 18.2 Å². The molecule has 0 N–H and O–H groups in total. The molecule has 0 unspecified atom stereocenters. The van der Waals surface area contributed by atoms with E-state index in [1.165, 1.54) is 25.3 Å². The summed E-state index contributed by atoms with van der Waals surface area (Å²) in [4.78, 5) is 22.3. The smallest absolute Gasteiger partial charge is 0.305 e. The number of ether oxygens (including phenoxy) is 1. The molecule has 0 saturated carbocycles. The number of hydrogen-bond acceptors (Lipinski definition) is 3. The maximum absolute atomic E-state index is 12.9. The first-order chi connectivity index (χ1) is 8.02. The Balaban J connectivity index is 2.56. The molecule has 0 aliphatic rings. The van der Waals surface area contributed by atoms with Crippen LogP contribution in [-0.4, -0.2) is 18.9 Å². The molecule has 0 heterocycles. The summed E-state index contributed by atoms with van der Waals surface area (Å²) in [5, 5.41) is 0.345. The van der Waals surface area contributed by atoms with Crippen LogP contribution >= 0.6 is 11.6 Å². The first kappa shape index (κ1) is 13.6. The minimum Gasteiger partial charge on any atom is -0.469 e. The van der Waals surface area contributed by atoms with E-state index < -0.39 is 11.8 Å². The Morgan fingerprint density at radius 1 is 1.35 bits per heavy atom. The highest BCUT2D eigenvalue weighted by atomic mass is 35.5. The van der Waals surface area contributed by atoms with Gasteiger partial charge in [-0.15, -0.1) is 0 Å². The SMILES string of the molecule is COC(=O)CCC(=O)Cc1cc(F)ccc1Cl. The minimum atomic E-state index is -0.441. The quantitative estimate of drug-likeness (QED) is 0.763. The Bertz CT molecular complexity index is 432. The second-order valence-corrected chi connectivity index (χ2v) is 3.93. The summed E-state index contributed by atoms with van der Waals surface area (Å²) in [7, 11) is 1.26. The second kappa shape index (κ2) is 6.35. The zero-order valence-corrected chi connectivity index (χ0v) is 10.1. The average Bonchev–Trinajstić information content (AvgIpc) is 2.30. The Kier molecular flexibility index (Phi) is 5.10. The van der Waals surface area contributed by atoms with Gasteiger partial charge in [0, 0.05) is 17.9 Å². The van der Waals surface area contributed by atoms with Crippen LogP contribution in [0.3, 0.4) is 0 Å². The van der Waals surface area contributed by atoms with Crippen LogP contribution in [0.25, 0.3) is 0 Å². The number of Topliss-reactive ketones (excluding diaryl/α,β-unsaturated/α-hetero) is 1. The molecule has 5 heteroatoms. The van der Waals surface area contributed by atoms with Gasteiger partial charge in [0.15, 0.2) is 0 Å². The van der Waals surface area contributed by atoms with E-state index in [1.54, 1.807) is 0 Å². The van der Waals surface area contributed by atoms with Crippen molar-refractivity contribution in [2.45, 2.75) is 19.3 Å². The van der Waals surface area contributed by atoms with E-state index in [4.69, 9.17) is 11.6 Å². The number of benzene rings is 1. The summed E-state index contributed by atoms with van der Waals surface area (Å²) in [5.41, 5.74) is 0.432. The topological polar surface area (TPSA) is 43.4 Å². The van der Waals surface area contributed by atoms with Gasteiger partial charge in [0.25, 0.3) is 0 Å². The van der Waals surface area contributed by atoms with Crippen LogP contribution < -0.4 is 0 Å². The van der Waals surface area contributed by atoms with Gasteiger partial charge in [0.05, 0.1) is 13.5 Å². The van der Waals surface area contributed by atoms with Gasteiger partial charge in [-0.25, -0.2) is 4.39 Å². The van der Waals surface area contributed by atoms with Gasteiger partial charge in [-0.1, -0.05) is 11.6 Å². The highest BCUT2D eigenvalue weighted by molar-refractivity contribution is 6.31. The summed E-state index contributed by atoms with van der Waals surface area (Å²) in [6, 6.07) is 3.85. The van der Waals surface area contributed by atoms with Crippen molar-refractivity contribution >= 4 is 23.4 Å². The molecule has 0 bridgehead atoms. The first-order valence-corrected chi connectivity index (χ1v) is 5.43. The van der Waals surface area contributed by atoms with Gasteiger partial charge in [-0.3, -0.25) is 9.59 Å². The molecule has 17 heavy (non-hydrogen) atoms. The zero-order chi connectivity index (χ0) is 12.8. The van der Waals surface area contributed by atoms with Crippen molar-refractivity contribution in [3.63, 3.8) is 0 Å². The molecule has 1 aromatic rings. The van der Waals surface area contributed by atoms with Crippen molar-refractivity contribution in [2.75, 3.05) is 7.11 Å². The predicted octanol–water partition coefficient (Wildman–Crippen LogP) is 2.54. The second-order valence-electron chi connectivity index (χ2n) is 3.53. The maximum Gasteiger partial charge on any atom is 0.305 e. The molecule has 3 nitrogen and oxygen atoms in total. The zero-order valence-electron chi connectivity index (χ0n) is 9.33. The van der Waals surface area contributed by atoms with Crippen molar-refractivity contribution in [3.05, 3.63) is 34.6 Å². The molecule has 0 amide bonds. The van der Waals surface area contributed by atoms with Gasteiger partial charge in [-0.05, 0) is 23.8 Å². The van der Waals surface area contributed by atoms with Gasteiger partial charge in [0.1, 0.15) is 11.6 Å². The van der Waals surface area contributed by atoms with Gasteiger partial charge in [0.2, 0.25) is 0 Å². The van der Waals surface area contributed by atoms with Crippen molar-refractivity contribution in [1.82, 2.24) is 0 Å². The molecule has 1 aromatic carbocycles. The molecule has 0 spiro atoms. The molecule has 0 atom stereocenters. The molecule has 92 valence electrons. The van der Waals surface area contributed by atoms with Crippen LogP contribution in [0.1, 0.15) is 18.4 Å². The number of halogens is 2. The Morgan fingerprint density at radius 2 is 2.06 bits per heavy atom. The summed E-state index contributed by atoms with van der Waals surface area (Å²) in [6.07, 6.45) is 0.120. The highest BCUT2D eigenvalue weighted by Crippen LogP contribution is 2.18. The number of esters is 1. The molecule has 0 aliphatic heterocycles. The number of ketones is 1. The van der Waals surface area contributed by atoms with Crippen molar-refractivity contribution < 1.29 is 18.7 Å². The molecule has 1 rings (SSSR count). The lowest BCUT2D eigenvalue weighted by molar-refractivity contribution is -0.141. The van der Waals surface area contributed by atoms with E-state index in [1.807, 2.05) is 0 Å². The number of carbonyl (C=O) groups excluding carboxylic acids is 2. The molecule has 0 saturated heterocycles. The molecular weight excluding hydrogens is 247 g/mol. The lowest BCUT2D eigenvalue weighted by Gasteiger charge is -2.03. The summed E-state index contributed by atoms with van der Waals surface area (Å²) < 4.78 is 17.3. The third-order valence-electron chi connectivity index (χ3n) is 2.23. The molecular formula is C12H12ClFO3. The monoisotopic (exact) mass is 258 g/mol. The first-order valence-electron chi connectivity index (χ1n) is 5.05. The number of methoxy groups -OCH3 is 1. The third kappa shape index (κ3) is 4.53. The average molecular weight is 259 g/mol. The van der Waals surface area contributed by atoms with Crippen molar-refractivity contribution in [3.8, 4) is 0 Å². The van der Waals surface area contributed by atoms with Crippen LogP contribution in [0.5, 0.6) is 0 Å². The summed E-state index contributed by atoms with van der Waals surface area (Å²) in [6.45, 7) is 0. The van der Waals surface area contributed by atoms with E-state index in [2.05, 4.69) is 4.74 Å². The summed E-state index contributed by atoms with van der Waals surface area (Å²) in [5.74, 6) is -1.06. The Labute approximate surface area is 104 Å². The standard InChI is InChI=1S/C12H12ClFO3/c1-17-12(16)5-3-10(15)7-8-6-9(14)2-4-11(8)13/h2,4,6H,3,5,7H2,1H3. The fourth-order valence-electron chi connectivity index (χ4n) is 1.32. The predicted molar refractivity (Wildman–Crippen MR) is 61.4 cm³/mol. The van der Waals surface area contributed by atoms with E-state index in [9.17, 15) is 14.0 Å². The third-order valence-corrected chi connectivity index (χ3v) is 2.60. The van der Waals surface area contributed by atoms with Crippen LogP contribution in [0, 0.1) is 5.82 Å².